The van der Waals surface area contributed by atoms with Crippen LogP contribution in [0.1, 0.15) is 0 Å². The fraction of sp³-hybridized carbons (Fsp3) is 0. The van der Waals surface area contributed by atoms with Gasteiger partial charge in [-0.05, 0) is 0 Å². The van der Waals surface area contributed by atoms with E-state index in [1.165, 1.54) is 0 Å². The van der Waals surface area contributed by atoms with Crippen molar-refractivity contribution >= 4 is 95.3 Å². The summed E-state index contributed by atoms with van der Waals surface area (Å²) in [6.45, 7) is 0. The first-order valence-electron chi connectivity index (χ1n) is 0. The van der Waals surface area contributed by atoms with Crippen molar-refractivity contribution in [3.05, 3.63) is 0 Å². The van der Waals surface area contributed by atoms with E-state index in [4.69, 9.17) is 0 Å². The standard InChI is InChI=1S/2As.3Ga/q2*-3;3*+2. The van der Waals surface area contributed by atoms with Gasteiger partial charge in [-0.3, -0.25) is 0 Å². The molecule has 0 aromatic carbocycles. The second kappa shape index (κ2) is 27.9. The third kappa shape index (κ3) is 19.4. The van der Waals surface area contributed by atoms with Crippen molar-refractivity contribution in [3.8, 4) is 0 Å². The van der Waals surface area contributed by atoms with Gasteiger partial charge in [-0.25, -0.2) is 0 Å². The van der Waals surface area contributed by atoms with Crippen molar-refractivity contribution in [2.45, 2.75) is 0 Å². The molecule has 0 atom stereocenters. The Morgan fingerprint density at radius 2 is 0.400 bits per heavy atom. The minimum absolute atomic E-state index is 0. The van der Waals surface area contributed by atoms with Gasteiger partial charge in [0, 0.05) is 0 Å². The first-order valence-corrected chi connectivity index (χ1v) is 0. The molecule has 0 saturated heterocycles. The van der Waals surface area contributed by atoms with Gasteiger partial charge in [0.25, 0.3) is 0 Å². The fourth-order valence-electron chi connectivity index (χ4n) is 0. The molecule has 0 nitrogen and oxygen atoms in total. The van der Waals surface area contributed by atoms with Crippen LogP contribution in [0.5, 0.6) is 0 Å². The molecule has 0 saturated carbocycles. The zero-order chi connectivity index (χ0) is 0. The molecule has 0 heterocycles. The van der Waals surface area contributed by atoms with E-state index < -0.39 is 0 Å². The fourth-order valence-corrected chi connectivity index (χ4v) is 0. The molecule has 0 aromatic heterocycles. The van der Waals surface area contributed by atoms with Crippen LogP contribution in [0.15, 0.2) is 0 Å². The van der Waals surface area contributed by atoms with E-state index in [2.05, 4.69) is 0 Å². The summed E-state index contributed by atoms with van der Waals surface area (Å²) in [5, 5.41) is 0. The Kier molecular flexibility index (Phi) is 241. The Balaban J connectivity index is 0. The number of hydrogen-bond acceptors (Lipinski definition) is 0. The van der Waals surface area contributed by atoms with E-state index >= 15 is 0 Å². The van der Waals surface area contributed by atoms with E-state index in [0.29, 0.717) is 0 Å². The Hall–Kier alpha value is 3.03. The molecule has 3 radical (unpaired) electrons. The van der Waals surface area contributed by atoms with Crippen LogP contribution in [0, 0.1) is 0 Å². The van der Waals surface area contributed by atoms with Crippen molar-refractivity contribution < 1.29 is 0 Å². The molecule has 0 aliphatic heterocycles. The van der Waals surface area contributed by atoms with Gasteiger partial charge in [0.15, 0.2) is 0 Å². The summed E-state index contributed by atoms with van der Waals surface area (Å²) in [6, 6.07) is 0. The van der Waals surface area contributed by atoms with Gasteiger partial charge in [0.05, 0.1) is 0 Å². The van der Waals surface area contributed by atoms with Gasteiger partial charge < -0.3 is 35.9 Å². The topological polar surface area (TPSA) is 0 Å². The van der Waals surface area contributed by atoms with E-state index in [-0.39, 0.29) is 95.3 Å². The van der Waals surface area contributed by atoms with Crippen LogP contribution in [0.25, 0.3) is 0 Å². The summed E-state index contributed by atoms with van der Waals surface area (Å²) in [4.78, 5) is 0. The van der Waals surface area contributed by atoms with Crippen LogP contribution >= 0.6 is 0 Å². The predicted octanol–water partition coefficient (Wildman–Crippen LogP) is -1.90. The molecule has 0 rings (SSSR count). The largest absolute Gasteiger partial charge is 3.00 e. The van der Waals surface area contributed by atoms with Crippen molar-refractivity contribution in [3.63, 3.8) is 0 Å². The van der Waals surface area contributed by atoms with Gasteiger partial charge in [-0.1, -0.05) is 0 Å². The molecule has 0 unspecified atom stereocenters. The summed E-state index contributed by atoms with van der Waals surface area (Å²) in [5.74, 6) is 0. The van der Waals surface area contributed by atoms with Crippen molar-refractivity contribution in [2.24, 2.45) is 0 Å². The third-order valence-electron chi connectivity index (χ3n) is 0. The Bertz CT molecular complexity index is 4.85. The summed E-state index contributed by atoms with van der Waals surface area (Å²) in [6.07, 6.45) is 0. The van der Waals surface area contributed by atoms with Crippen molar-refractivity contribution in [2.75, 3.05) is 0 Å². The third-order valence-corrected chi connectivity index (χ3v) is 0. The van der Waals surface area contributed by atoms with E-state index in [1.54, 1.807) is 0 Å². The van der Waals surface area contributed by atoms with Gasteiger partial charge in [-0.15, -0.1) is 0 Å². The normalized spacial score (nSPS) is 0. The summed E-state index contributed by atoms with van der Waals surface area (Å²) < 4.78 is 0. The number of rotatable bonds is 0. The number of hydrogen-bond donors (Lipinski definition) is 0. The monoisotopic (exact) mass is 357 g/mol. The minimum Gasteiger partial charge on any atom is -3.00 e. The van der Waals surface area contributed by atoms with Gasteiger partial charge >= 0.3 is 59.4 Å². The van der Waals surface area contributed by atoms with Crippen LogP contribution in [-0.4, -0.2) is 95.3 Å². The van der Waals surface area contributed by atoms with E-state index in [0.717, 1.165) is 0 Å². The Morgan fingerprint density at radius 1 is 0.400 bits per heavy atom. The van der Waals surface area contributed by atoms with Crippen LogP contribution in [0.2, 0.25) is 0 Å². The molecule has 0 spiro atoms. The molecular weight excluding hydrogens is 359 g/mol. The molecule has 19 valence electrons. The van der Waals surface area contributed by atoms with Gasteiger partial charge in [-0.2, -0.15) is 0 Å². The Labute approximate surface area is 93.8 Å². The minimum atomic E-state index is 0. The predicted molar refractivity (Wildman–Crippen MR) is 28.8 cm³/mol. The molecule has 0 aromatic rings. The van der Waals surface area contributed by atoms with Crippen LogP contribution in [0.4, 0.5) is 0 Å². The quantitative estimate of drug-likeness (QED) is 0.444. The van der Waals surface area contributed by atoms with Crippen molar-refractivity contribution in [1.82, 2.24) is 0 Å². The average Bonchev–Trinajstić information content (AvgIpc) is 0. The van der Waals surface area contributed by atoms with Gasteiger partial charge in [0.1, 0.15) is 0 Å². The first-order chi connectivity index (χ1) is 0. The SMILES string of the molecule is [As-3].[As-3].[Ga+2].[Ga+2].[Ga+2]. The second-order valence-electron chi connectivity index (χ2n) is 0. The van der Waals surface area contributed by atoms with E-state index in [9.17, 15) is 0 Å². The smallest absolute Gasteiger partial charge is 2.00 e. The van der Waals surface area contributed by atoms with Crippen LogP contribution in [-0.2, 0) is 0 Å². The molecule has 0 aliphatic rings. The molecular formula is As2Ga3. The summed E-state index contributed by atoms with van der Waals surface area (Å²) in [5.41, 5.74) is 0. The zero-order valence-corrected chi connectivity index (χ0v) is 13.6. The van der Waals surface area contributed by atoms with Gasteiger partial charge in [0.2, 0.25) is 0 Å². The molecule has 5 heteroatoms. The van der Waals surface area contributed by atoms with Crippen molar-refractivity contribution in [1.29, 1.82) is 0 Å². The summed E-state index contributed by atoms with van der Waals surface area (Å²) in [7, 11) is 0. The Morgan fingerprint density at radius 3 is 0.400 bits per heavy atom. The molecule has 0 amide bonds. The maximum Gasteiger partial charge on any atom is 2.00 e. The molecule has 0 fully saturated rings. The van der Waals surface area contributed by atoms with Crippen LogP contribution < -0.4 is 0 Å². The zero-order valence-electron chi connectivity index (χ0n) is 2.63. The maximum absolute atomic E-state index is 0. The van der Waals surface area contributed by atoms with Crippen LogP contribution in [0.3, 0.4) is 0 Å². The molecule has 0 bridgehead atoms. The molecule has 0 N–H and O–H groups in total. The molecule has 5 heavy (non-hydrogen) atoms. The first kappa shape index (κ1) is 43.3. The van der Waals surface area contributed by atoms with E-state index in [1.807, 2.05) is 0 Å². The average molecular weight is 359 g/mol. The maximum atomic E-state index is 0. The second-order valence-corrected chi connectivity index (χ2v) is 0. The summed E-state index contributed by atoms with van der Waals surface area (Å²) >= 11 is 0. The molecule has 0 aliphatic carbocycles.